The number of hydrogen-bond acceptors (Lipinski definition) is 6. The highest BCUT2D eigenvalue weighted by atomic mass is 19.3. The monoisotopic (exact) mass is 390 g/mol. The van der Waals surface area contributed by atoms with Crippen molar-refractivity contribution in [2.45, 2.75) is 52.0 Å². The number of hydrogen-bond donors (Lipinski definition) is 0. The van der Waals surface area contributed by atoms with Crippen LogP contribution in [0.25, 0.3) is 11.0 Å². The van der Waals surface area contributed by atoms with Gasteiger partial charge in [-0.3, -0.25) is 0 Å². The van der Waals surface area contributed by atoms with Crippen molar-refractivity contribution in [3.63, 3.8) is 0 Å². The lowest BCUT2D eigenvalue weighted by atomic mass is 9.95. The first kappa shape index (κ1) is 18.7. The highest BCUT2D eigenvalue weighted by molar-refractivity contribution is 5.87. The Morgan fingerprint density at radius 3 is 2.50 bits per heavy atom. The Labute approximate surface area is 161 Å². The van der Waals surface area contributed by atoms with Crippen molar-refractivity contribution in [1.29, 1.82) is 0 Å². The van der Waals surface area contributed by atoms with Gasteiger partial charge in [-0.05, 0) is 6.92 Å². The summed E-state index contributed by atoms with van der Waals surface area (Å²) in [7, 11) is 1.89. The molecule has 3 aromatic heterocycles. The lowest BCUT2D eigenvalue weighted by Gasteiger charge is -2.22. The predicted molar refractivity (Wildman–Crippen MR) is 101 cm³/mol. The van der Waals surface area contributed by atoms with Gasteiger partial charge < -0.3 is 9.47 Å². The second kappa shape index (κ2) is 6.18. The molecule has 1 fully saturated rings. The van der Waals surface area contributed by atoms with Gasteiger partial charge in [-0.1, -0.05) is 20.8 Å². The van der Waals surface area contributed by atoms with Gasteiger partial charge in [-0.2, -0.15) is 5.10 Å². The number of nitrogens with zero attached hydrogens (tertiary/aromatic N) is 8. The van der Waals surface area contributed by atoms with Crippen molar-refractivity contribution in [2.75, 3.05) is 18.0 Å². The molecule has 1 aliphatic heterocycles. The van der Waals surface area contributed by atoms with Crippen molar-refractivity contribution < 1.29 is 8.78 Å². The lowest BCUT2D eigenvalue weighted by Crippen LogP contribution is -2.27. The van der Waals surface area contributed by atoms with Crippen molar-refractivity contribution in [3.05, 3.63) is 23.7 Å². The van der Waals surface area contributed by atoms with E-state index in [9.17, 15) is 8.78 Å². The van der Waals surface area contributed by atoms with Crippen LogP contribution in [0.2, 0.25) is 0 Å². The maximum Gasteiger partial charge on any atom is 0.266 e. The van der Waals surface area contributed by atoms with E-state index < -0.39 is 5.92 Å². The van der Waals surface area contributed by atoms with Crippen molar-refractivity contribution in [1.82, 2.24) is 34.5 Å². The van der Waals surface area contributed by atoms with Crippen LogP contribution in [0.4, 0.5) is 14.6 Å². The fourth-order valence-corrected chi connectivity index (χ4v) is 3.27. The summed E-state index contributed by atoms with van der Waals surface area (Å²) >= 11 is 0. The molecule has 0 aromatic carbocycles. The van der Waals surface area contributed by atoms with E-state index in [4.69, 9.17) is 4.98 Å². The Kier molecular flexibility index (Phi) is 4.13. The molecule has 150 valence electrons. The Hall–Kier alpha value is -2.65. The summed E-state index contributed by atoms with van der Waals surface area (Å²) < 4.78 is 31.3. The molecule has 1 aliphatic rings. The molecule has 8 nitrogen and oxygen atoms in total. The molecular formula is C18H24F2N8. The molecule has 0 spiro atoms. The molecule has 0 radical (unpaired) electrons. The van der Waals surface area contributed by atoms with Crippen molar-refractivity contribution in [3.8, 4) is 0 Å². The van der Waals surface area contributed by atoms with E-state index >= 15 is 0 Å². The zero-order valence-electron chi connectivity index (χ0n) is 16.7. The van der Waals surface area contributed by atoms with Crippen LogP contribution in [0.1, 0.15) is 44.7 Å². The summed E-state index contributed by atoms with van der Waals surface area (Å²) in [6.45, 7) is 8.20. The van der Waals surface area contributed by atoms with Gasteiger partial charge in [0.1, 0.15) is 24.0 Å². The molecule has 4 rings (SSSR count). The van der Waals surface area contributed by atoms with Crippen LogP contribution in [0.15, 0.2) is 6.20 Å². The van der Waals surface area contributed by atoms with Gasteiger partial charge in [-0.25, -0.2) is 23.4 Å². The second-order valence-electron chi connectivity index (χ2n) is 8.41. The maximum absolute atomic E-state index is 13.8. The number of alkyl halides is 2. The molecule has 1 saturated heterocycles. The number of fused-ring (bicyclic) bond motifs is 1. The average Bonchev–Trinajstić information content (AvgIpc) is 3.27. The van der Waals surface area contributed by atoms with Crippen LogP contribution < -0.4 is 4.90 Å². The third-order valence-electron chi connectivity index (χ3n) is 5.09. The van der Waals surface area contributed by atoms with E-state index in [-0.39, 0.29) is 24.9 Å². The average molecular weight is 390 g/mol. The minimum atomic E-state index is -2.70. The number of aromatic nitrogens is 7. The van der Waals surface area contributed by atoms with Gasteiger partial charge in [0.05, 0.1) is 18.1 Å². The largest absolute Gasteiger partial charge is 0.350 e. The van der Waals surface area contributed by atoms with Gasteiger partial charge in [0.15, 0.2) is 11.5 Å². The van der Waals surface area contributed by atoms with E-state index in [0.717, 1.165) is 11.6 Å². The molecule has 0 saturated carbocycles. The van der Waals surface area contributed by atoms with E-state index in [0.29, 0.717) is 29.2 Å². The highest BCUT2D eigenvalue weighted by Gasteiger charge is 2.40. The Bertz CT molecular complexity index is 1030. The zero-order chi connectivity index (χ0) is 20.3. The van der Waals surface area contributed by atoms with E-state index in [1.165, 1.54) is 0 Å². The van der Waals surface area contributed by atoms with Gasteiger partial charge in [0.2, 0.25) is 0 Å². The summed E-state index contributed by atoms with van der Waals surface area (Å²) in [6, 6.07) is 0. The molecular weight excluding hydrogens is 366 g/mol. The summed E-state index contributed by atoms with van der Waals surface area (Å²) in [5.74, 6) is -0.0385. The minimum Gasteiger partial charge on any atom is -0.350 e. The molecule has 0 N–H and O–H groups in total. The third-order valence-corrected chi connectivity index (χ3v) is 5.09. The summed E-state index contributed by atoms with van der Waals surface area (Å²) in [4.78, 5) is 11.0. The molecule has 0 atom stereocenters. The molecule has 0 unspecified atom stereocenters. The number of anilines is 1. The van der Waals surface area contributed by atoms with Crippen LogP contribution in [0.3, 0.4) is 0 Å². The molecule has 0 amide bonds. The molecule has 3 aromatic rings. The van der Waals surface area contributed by atoms with Crippen LogP contribution in [0.5, 0.6) is 0 Å². The first-order valence-corrected chi connectivity index (χ1v) is 9.27. The van der Waals surface area contributed by atoms with E-state index in [2.05, 4.69) is 20.3 Å². The Balaban J connectivity index is 1.83. The Morgan fingerprint density at radius 1 is 1.18 bits per heavy atom. The summed E-state index contributed by atoms with van der Waals surface area (Å²) in [5, 5.41) is 13.4. The maximum atomic E-state index is 13.8. The van der Waals surface area contributed by atoms with Gasteiger partial charge in [0.25, 0.3) is 5.92 Å². The van der Waals surface area contributed by atoms with Gasteiger partial charge in [-0.15, -0.1) is 10.2 Å². The molecule has 0 aliphatic carbocycles. The normalized spacial score (nSPS) is 17.0. The molecule has 10 heteroatoms. The molecule has 28 heavy (non-hydrogen) atoms. The quantitative estimate of drug-likeness (QED) is 0.684. The fourth-order valence-electron chi connectivity index (χ4n) is 3.27. The zero-order valence-corrected chi connectivity index (χ0v) is 16.7. The molecule has 4 heterocycles. The lowest BCUT2D eigenvalue weighted by molar-refractivity contribution is 0.0257. The van der Waals surface area contributed by atoms with Crippen LogP contribution >= 0.6 is 0 Å². The third kappa shape index (κ3) is 3.20. The first-order valence-electron chi connectivity index (χ1n) is 9.27. The summed E-state index contributed by atoms with van der Waals surface area (Å²) in [5.41, 5.74) is 0.285. The molecule has 0 bridgehead atoms. The first-order chi connectivity index (χ1) is 13.0. The van der Waals surface area contributed by atoms with Crippen LogP contribution in [0, 0.1) is 6.92 Å². The van der Waals surface area contributed by atoms with Crippen LogP contribution in [-0.2, 0) is 19.0 Å². The van der Waals surface area contributed by atoms with Gasteiger partial charge >= 0.3 is 0 Å². The number of rotatable bonds is 3. The second-order valence-corrected chi connectivity index (χ2v) is 8.41. The highest BCUT2D eigenvalue weighted by Crippen LogP contribution is 2.34. The van der Waals surface area contributed by atoms with E-state index in [1.807, 2.05) is 39.3 Å². The topological polar surface area (TPSA) is 77.6 Å². The van der Waals surface area contributed by atoms with Crippen molar-refractivity contribution >= 4 is 16.9 Å². The van der Waals surface area contributed by atoms with Crippen molar-refractivity contribution in [2.24, 2.45) is 7.05 Å². The minimum absolute atomic E-state index is 0.171. The smallest absolute Gasteiger partial charge is 0.266 e. The van der Waals surface area contributed by atoms with Crippen LogP contribution in [-0.4, -0.2) is 53.5 Å². The number of halogens is 2. The Morgan fingerprint density at radius 2 is 1.93 bits per heavy atom. The SMILES string of the molecule is Cc1nnc(Cn2ncc3c(N4CCC(F)(F)C4)nc(C(C)(C)C)nc32)n1C. The fraction of sp³-hybridized carbons (Fsp3) is 0.611. The standard InChI is InChI=1S/C18H24F2N8/c1-11-24-25-13(26(11)5)9-28-15-12(8-21-28)14(22-16(23-15)17(2,3)4)27-7-6-18(19,20)10-27/h8H,6-7,9-10H2,1-5H3. The summed E-state index contributed by atoms with van der Waals surface area (Å²) in [6.07, 6.45) is 1.48. The van der Waals surface area contributed by atoms with Gasteiger partial charge in [0, 0.05) is 25.4 Å². The van der Waals surface area contributed by atoms with E-state index in [1.54, 1.807) is 15.8 Å². The number of aryl methyl sites for hydroxylation is 1. The predicted octanol–water partition coefficient (Wildman–Crippen LogP) is 2.45.